The minimum Gasteiger partial charge on any atom is -0.381 e. The molecule has 186 valence electrons. The lowest BCUT2D eigenvalue weighted by Gasteiger charge is -2.29. The van der Waals surface area contributed by atoms with E-state index in [0.29, 0.717) is 62.0 Å². The zero-order valence-corrected chi connectivity index (χ0v) is 19.7. The first-order chi connectivity index (χ1) is 16.9. The van der Waals surface area contributed by atoms with Crippen molar-refractivity contribution in [2.24, 2.45) is 11.7 Å². The van der Waals surface area contributed by atoms with Gasteiger partial charge >= 0.3 is 0 Å². The highest BCUT2D eigenvalue weighted by molar-refractivity contribution is 6.33. The summed E-state index contributed by atoms with van der Waals surface area (Å²) in [6, 6.07) is 1.93. The number of hydrogen-bond acceptors (Lipinski definition) is 7. The number of halogens is 3. The van der Waals surface area contributed by atoms with E-state index in [9.17, 15) is 13.6 Å². The van der Waals surface area contributed by atoms with E-state index in [1.165, 1.54) is 0 Å². The first-order valence-electron chi connectivity index (χ1n) is 11.7. The number of anilines is 3. The van der Waals surface area contributed by atoms with Crippen molar-refractivity contribution in [3.05, 3.63) is 35.0 Å². The van der Waals surface area contributed by atoms with E-state index in [2.05, 4.69) is 20.6 Å². The van der Waals surface area contributed by atoms with E-state index in [-0.39, 0.29) is 34.6 Å². The van der Waals surface area contributed by atoms with Crippen molar-refractivity contribution in [2.75, 3.05) is 23.8 Å². The van der Waals surface area contributed by atoms with Crippen molar-refractivity contribution in [1.82, 2.24) is 19.5 Å². The van der Waals surface area contributed by atoms with Gasteiger partial charge in [-0.05, 0) is 44.6 Å². The summed E-state index contributed by atoms with van der Waals surface area (Å²) in [5.74, 6) is -1.31. The standard InChI is InChI=1S/C23H26ClF2N7O2/c24-16-9-13(25)10-17(26)19(16)31-23-30-18-11-28-22(29-14-5-7-35-8-6-14)32-21(18)33(23)15-3-1-12(2-4-15)20(27)34/h9-12,14-15H,1-8H2,(H2,27,34)(H,30,31)(H,28,29,32)/t12-,15+. The molecular weight excluding hydrogens is 480 g/mol. The van der Waals surface area contributed by atoms with Crippen LogP contribution >= 0.6 is 11.6 Å². The number of rotatable bonds is 6. The molecule has 2 aromatic heterocycles. The van der Waals surface area contributed by atoms with Crippen LogP contribution in [0.3, 0.4) is 0 Å². The van der Waals surface area contributed by atoms with Crippen molar-refractivity contribution in [3.8, 4) is 0 Å². The molecule has 2 aliphatic rings. The molecule has 5 rings (SSSR count). The monoisotopic (exact) mass is 505 g/mol. The van der Waals surface area contributed by atoms with Gasteiger partial charge in [-0.2, -0.15) is 4.98 Å². The number of imidazole rings is 1. The van der Waals surface area contributed by atoms with Crippen molar-refractivity contribution < 1.29 is 18.3 Å². The minimum atomic E-state index is -0.834. The molecule has 1 aliphatic carbocycles. The number of nitrogens with one attached hydrogen (secondary N) is 2. The zero-order valence-electron chi connectivity index (χ0n) is 18.9. The Morgan fingerprint density at radius 3 is 2.54 bits per heavy atom. The van der Waals surface area contributed by atoms with Crippen LogP contribution in [0.5, 0.6) is 0 Å². The van der Waals surface area contributed by atoms with Crippen molar-refractivity contribution in [3.63, 3.8) is 0 Å². The third-order valence-electron chi connectivity index (χ3n) is 6.70. The summed E-state index contributed by atoms with van der Waals surface area (Å²) in [6.45, 7) is 1.36. The van der Waals surface area contributed by atoms with Crippen molar-refractivity contribution >= 4 is 46.3 Å². The third kappa shape index (κ3) is 5.01. The molecule has 1 aliphatic heterocycles. The molecule has 1 saturated carbocycles. The average molecular weight is 506 g/mol. The number of nitrogens with two attached hydrogens (primary N) is 1. The van der Waals surface area contributed by atoms with Crippen LogP contribution in [0.15, 0.2) is 18.3 Å². The second-order valence-corrected chi connectivity index (χ2v) is 9.42. The molecule has 3 heterocycles. The molecule has 35 heavy (non-hydrogen) atoms. The molecule has 0 bridgehead atoms. The van der Waals surface area contributed by atoms with E-state index < -0.39 is 11.6 Å². The molecular formula is C23H26ClF2N7O2. The summed E-state index contributed by atoms with van der Waals surface area (Å²) in [7, 11) is 0. The molecule has 0 radical (unpaired) electrons. The molecule has 4 N–H and O–H groups in total. The summed E-state index contributed by atoms with van der Waals surface area (Å²) in [6.07, 6.45) is 5.91. The summed E-state index contributed by atoms with van der Waals surface area (Å²) in [5, 5.41) is 6.20. The number of primary amides is 1. The van der Waals surface area contributed by atoms with E-state index >= 15 is 0 Å². The van der Waals surface area contributed by atoms with E-state index in [4.69, 9.17) is 27.1 Å². The number of carbonyl (C=O) groups excluding carboxylic acids is 1. The maximum Gasteiger partial charge on any atom is 0.224 e. The number of ether oxygens (including phenoxy) is 1. The first kappa shape index (κ1) is 23.7. The van der Waals surface area contributed by atoms with Gasteiger partial charge in [0, 0.05) is 37.3 Å². The quantitative estimate of drug-likeness (QED) is 0.456. The van der Waals surface area contributed by atoms with Crippen LogP contribution in [0, 0.1) is 17.6 Å². The van der Waals surface area contributed by atoms with Gasteiger partial charge in [0.05, 0.1) is 16.9 Å². The molecule has 12 heteroatoms. The number of hydrogen-bond donors (Lipinski definition) is 3. The Labute approximate surface area is 205 Å². The highest BCUT2D eigenvalue weighted by Crippen LogP contribution is 2.38. The van der Waals surface area contributed by atoms with Gasteiger partial charge in [-0.3, -0.25) is 9.36 Å². The van der Waals surface area contributed by atoms with Gasteiger partial charge in [0.15, 0.2) is 11.5 Å². The van der Waals surface area contributed by atoms with E-state index in [1.54, 1.807) is 6.20 Å². The summed E-state index contributed by atoms with van der Waals surface area (Å²) >= 11 is 6.13. The smallest absolute Gasteiger partial charge is 0.224 e. The lowest BCUT2D eigenvalue weighted by atomic mass is 9.85. The van der Waals surface area contributed by atoms with E-state index in [1.807, 2.05) is 4.57 Å². The van der Waals surface area contributed by atoms with Crippen LogP contribution < -0.4 is 16.4 Å². The van der Waals surface area contributed by atoms with Crippen LogP contribution in [0.2, 0.25) is 5.02 Å². The lowest BCUT2D eigenvalue weighted by Crippen LogP contribution is -2.29. The van der Waals surface area contributed by atoms with Crippen LogP contribution in [-0.2, 0) is 9.53 Å². The molecule has 0 spiro atoms. The van der Waals surface area contributed by atoms with Crippen molar-refractivity contribution in [1.29, 1.82) is 0 Å². The lowest BCUT2D eigenvalue weighted by molar-refractivity contribution is -0.122. The number of carbonyl (C=O) groups is 1. The maximum atomic E-state index is 14.6. The Bertz CT molecular complexity index is 1220. The first-order valence-corrected chi connectivity index (χ1v) is 12.1. The Balaban J connectivity index is 1.52. The second kappa shape index (κ2) is 9.90. The molecule has 0 unspecified atom stereocenters. The largest absolute Gasteiger partial charge is 0.381 e. The summed E-state index contributed by atoms with van der Waals surface area (Å²) < 4.78 is 35.5. The van der Waals surface area contributed by atoms with Gasteiger partial charge < -0.3 is 21.1 Å². The SMILES string of the molecule is NC(=O)[C@H]1CC[C@@H](n2c(Nc3c(F)cc(F)cc3Cl)nc3cnc(NC4CCOCC4)nc32)CC1. The average Bonchev–Trinajstić information content (AvgIpc) is 3.19. The maximum absolute atomic E-state index is 14.6. The zero-order chi connectivity index (χ0) is 24.5. The van der Waals surface area contributed by atoms with Gasteiger partial charge in [-0.15, -0.1) is 0 Å². The third-order valence-corrected chi connectivity index (χ3v) is 6.99. The van der Waals surface area contributed by atoms with Crippen LogP contribution in [0.1, 0.15) is 44.6 Å². The van der Waals surface area contributed by atoms with Gasteiger partial charge in [0.1, 0.15) is 11.3 Å². The van der Waals surface area contributed by atoms with Crippen LogP contribution in [-0.4, -0.2) is 44.7 Å². The Hall–Kier alpha value is -3.05. The van der Waals surface area contributed by atoms with Gasteiger partial charge in [0.25, 0.3) is 0 Å². The Morgan fingerprint density at radius 1 is 1.11 bits per heavy atom. The predicted octanol–water partition coefficient (Wildman–Crippen LogP) is 4.31. The fraction of sp³-hybridized carbons (Fsp3) is 0.478. The topological polar surface area (TPSA) is 120 Å². The number of aromatic nitrogens is 4. The number of benzene rings is 1. The fourth-order valence-corrected chi connectivity index (χ4v) is 5.05. The summed E-state index contributed by atoms with van der Waals surface area (Å²) in [4.78, 5) is 25.4. The molecule has 2 fully saturated rings. The van der Waals surface area contributed by atoms with Crippen molar-refractivity contribution in [2.45, 2.75) is 50.6 Å². The number of amides is 1. The summed E-state index contributed by atoms with van der Waals surface area (Å²) in [5.41, 5.74) is 6.52. The fourth-order valence-electron chi connectivity index (χ4n) is 4.81. The minimum absolute atomic E-state index is 0.0637. The molecule has 1 saturated heterocycles. The number of nitrogens with zero attached hydrogens (tertiary/aromatic N) is 4. The molecule has 9 nitrogen and oxygen atoms in total. The molecule has 1 aromatic carbocycles. The molecule has 1 amide bonds. The molecule has 0 atom stereocenters. The highest BCUT2D eigenvalue weighted by Gasteiger charge is 2.29. The van der Waals surface area contributed by atoms with E-state index in [0.717, 1.165) is 25.0 Å². The highest BCUT2D eigenvalue weighted by atomic mass is 35.5. The van der Waals surface area contributed by atoms with Gasteiger partial charge in [-0.25, -0.2) is 18.7 Å². The van der Waals surface area contributed by atoms with Gasteiger partial charge in [-0.1, -0.05) is 11.6 Å². The predicted molar refractivity (Wildman–Crippen MR) is 128 cm³/mol. The van der Waals surface area contributed by atoms with Gasteiger partial charge in [0.2, 0.25) is 17.8 Å². The number of fused-ring (bicyclic) bond motifs is 1. The van der Waals surface area contributed by atoms with Crippen LogP contribution in [0.25, 0.3) is 11.2 Å². The molecule has 3 aromatic rings. The van der Waals surface area contributed by atoms with Crippen LogP contribution in [0.4, 0.5) is 26.4 Å². The Morgan fingerprint density at radius 2 is 1.86 bits per heavy atom. The second-order valence-electron chi connectivity index (χ2n) is 9.02. The normalized spacial score (nSPS) is 21.2. The Kier molecular flexibility index (Phi) is 6.70.